The van der Waals surface area contributed by atoms with E-state index in [-0.39, 0.29) is 0 Å². The van der Waals surface area contributed by atoms with Crippen LogP contribution in [0.2, 0.25) is 0 Å². The van der Waals surface area contributed by atoms with Crippen molar-refractivity contribution in [3.63, 3.8) is 0 Å². The fourth-order valence-corrected chi connectivity index (χ4v) is 9.78. The van der Waals surface area contributed by atoms with Crippen molar-refractivity contribution in [1.29, 1.82) is 0 Å². The molecule has 0 saturated heterocycles. The highest BCUT2D eigenvalue weighted by atomic mass is 32.1. The molecule has 5 nitrogen and oxygen atoms in total. The highest BCUT2D eigenvalue weighted by Crippen LogP contribution is 2.51. The van der Waals surface area contributed by atoms with E-state index in [0.717, 1.165) is 72.7 Å². The van der Waals surface area contributed by atoms with Crippen molar-refractivity contribution in [2.75, 3.05) is 4.90 Å². The van der Waals surface area contributed by atoms with Gasteiger partial charge in [0.15, 0.2) is 17.5 Å². The van der Waals surface area contributed by atoms with Gasteiger partial charge in [-0.3, -0.25) is 0 Å². The van der Waals surface area contributed by atoms with Crippen LogP contribution in [0.15, 0.2) is 206 Å². The number of benzene rings is 9. The number of nitrogens with zero attached hydrogens (tertiary/aromatic N) is 4. The van der Waals surface area contributed by atoms with Gasteiger partial charge in [0.05, 0.1) is 0 Å². The maximum atomic E-state index is 6.77. The third-order valence-corrected chi connectivity index (χ3v) is 12.6. The Hall–Kier alpha value is -7.93. The van der Waals surface area contributed by atoms with E-state index in [1.807, 2.05) is 78.1 Å². The Morgan fingerprint density at radius 3 is 1.69 bits per heavy atom. The van der Waals surface area contributed by atoms with Gasteiger partial charge in [-0.05, 0) is 82.7 Å². The van der Waals surface area contributed by atoms with Crippen molar-refractivity contribution in [3.8, 4) is 67.9 Å². The molecule has 61 heavy (non-hydrogen) atoms. The summed E-state index contributed by atoms with van der Waals surface area (Å²) >= 11 is 1.83. The van der Waals surface area contributed by atoms with E-state index in [9.17, 15) is 0 Å². The molecule has 2 aromatic heterocycles. The van der Waals surface area contributed by atoms with Gasteiger partial charge >= 0.3 is 0 Å². The predicted octanol–water partition coefficient (Wildman–Crippen LogP) is 15.3. The average molecular weight is 799 g/mol. The summed E-state index contributed by atoms with van der Waals surface area (Å²) in [5, 5.41) is 4.59. The van der Waals surface area contributed by atoms with Crippen molar-refractivity contribution in [1.82, 2.24) is 15.0 Å². The van der Waals surface area contributed by atoms with Gasteiger partial charge in [-0.1, -0.05) is 146 Å². The van der Waals surface area contributed by atoms with Gasteiger partial charge in [0, 0.05) is 64.9 Å². The number of hydrogen-bond acceptors (Lipinski definition) is 6. The molecule has 0 unspecified atom stereocenters. The number of thiophene rings is 1. The van der Waals surface area contributed by atoms with Gasteiger partial charge in [0.25, 0.3) is 0 Å². The monoisotopic (exact) mass is 798 g/mol. The van der Waals surface area contributed by atoms with E-state index in [4.69, 9.17) is 19.7 Å². The third kappa shape index (κ3) is 6.12. The molecule has 0 fully saturated rings. The molecule has 12 rings (SSSR count). The third-order valence-electron chi connectivity index (χ3n) is 11.5. The highest BCUT2D eigenvalue weighted by molar-refractivity contribution is 7.25. The lowest BCUT2D eigenvalue weighted by atomic mass is 9.92. The molecule has 11 aromatic rings. The Bertz CT molecular complexity index is 3400. The van der Waals surface area contributed by atoms with Crippen LogP contribution in [0.3, 0.4) is 0 Å². The van der Waals surface area contributed by atoms with E-state index >= 15 is 0 Å². The van der Waals surface area contributed by atoms with Crippen molar-refractivity contribution >= 4 is 59.3 Å². The molecule has 0 N–H and O–H groups in total. The van der Waals surface area contributed by atoms with Crippen molar-refractivity contribution in [3.05, 3.63) is 206 Å². The predicted molar refractivity (Wildman–Crippen MR) is 252 cm³/mol. The molecule has 9 aromatic carbocycles. The molecule has 0 atom stereocenters. The van der Waals surface area contributed by atoms with Crippen LogP contribution >= 0.6 is 11.3 Å². The van der Waals surface area contributed by atoms with E-state index in [1.165, 1.54) is 25.7 Å². The SMILES string of the molecule is c1ccc(-c2cccc(N(c3ccc4c(c3)-c3cccc5c(-c6nc(-c7ccccc7)nc(-c7ccccc7)n6)ccc(c35)O4)c3ccc4c(c3)sc3ccccc34)c2)cc1. The topological polar surface area (TPSA) is 51.1 Å². The van der Waals surface area contributed by atoms with Gasteiger partial charge < -0.3 is 9.64 Å². The van der Waals surface area contributed by atoms with Crippen LogP contribution in [0, 0.1) is 0 Å². The lowest BCUT2D eigenvalue weighted by Gasteiger charge is -2.28. The molecule has 0 saturated carbocycles. The zero-order valence-corrected chi connectivity index (χ0v) is 33.6. The van der Waals surface area contributed by atoms with Crippen LogP contribution in [0.1, 0.15) is 0 Å². The van der Waals surface area contributed by atoms with Gasteiger partial charge in [0.1, 0.15) is 11.5 Å². The van der Waals surface area contributed by atoms with Crippen LogP contribution in [0.4, 0.5) is 17.1 Å². The second-order valence-electron chi connectivity index (χ2n) is 15.2. The van der Waals surface area contributed by atoms with Crippen molar-refractivity contribution < 1.29 is 4.74 Å². The largest absolute Gasteiger partial charge is 0.456 e. The van der Waals surface area contributed by atoms with Crippen molar-refractivity contribution in [2.45, 2.75) is 0 Å². The molecule has 286 valence electrons. The Kier molecular flexibility index (Phi) is 8.28. The van der Waals surface area contributed by atoms with Crippen molar-refractivity contribution in [2.24, 2.45) is 0 Å². The summed E-state index contributed by atoms with van der Waals surface area (Å²) in [6.45, 7) is 0. The Labute approximate surface area is 356 Å². The molecular formula is C55H34N4OS. The number of rotatable bonds is 7. The first-order valence-corrected chi connectivity index (χ1v) is 21.2. The minimum absolute atomic E-state index is 0.608. The maximum Gasteiger partial charge on any atom is 0.164 e. The molecule has 0 spiro atoms. The van der Waals surface area contributed by atoms with E-state index in [1.54, 1.807) is 0 Å². The zero-order chi connectivity index (χ0) is 40.3. The summed E-state index contributed by atoms with van der Waals surface area (Å²) in [7, 11) is 0. The molecule has 3 heterocycles. The zero-order valence-electron chi connectivity index (χ0n) is 32.7. The lowest BCUT2D eigenvalue weighted by Crippen LogP contribution is -2.10. The second-order valence-corrected chi connectivity index (χ2v) is 16.3. The number of aromatic nitrogens is 3. The molecule has 0 amide bonds. The smallest absolute Gasteiger partial charge is 0.164 e. The Balaban J connectivity index is 1.02. The molecule has 1 aliphatic rings. The van der Waals surface area contributed by atoms with E-state index in [2.05, 4.69) is 144 Å². The van der Waals surface area contributed by atoms with Crippen LogP contribution in [-0.4, -0.2) is 15.0 Å². The molecule has 0 radical (unpaired) electrons. The normalized spacial score (nSPS) is 11.7. The number of anilines is 3. The van der Waals surface area contributed by atoms with Gasteiger partial charge in [-0.25, -0.2) is 15.0 Å². The summed E-state index contributed by atoms with van der Waals surface area (Å²) in [6.07, 6.45) is 0. The number of fused-ring (bicyclic) bond motifs is 5. The van der Waals surface area contributed by atoms with Crippen LogP contribution in [0.5, 0.6) is 11.5 Å². The number of ether oxygens (including phenoxy) is 1. The first-order valence-electron chi connectivity index (χ1n) is 20.3. The minimum atomic E-state index is 0.608. The molecular weight excluding hydrogens is 765 g/mol. The van der Waals surface area contributed by atoms with E-state index < -0.39 is 0 Å². The number of hydrogen-bond donors (Lipinski definition) is 0. The molecule has 1 aliphatic heterocycles. The van der Waals surface area contributed by atoms with Gasteiger partial charge in [0.2, 0.25) is 0 Å². The summed E-state index contributed by atoms with van der Waals surface area (Å²) in [5.74, 6) is 3.48. The van der Waals surface area contributed by atoms with Crippen LogP contribution in [-0.2, 0) is 0 Å². The Morgan fingerprint density at radius 1 is 0.344 bits per heavy atom. The summed E-state index contributed by atoms with van der Waals surface area (Å²) in [4.78, 5) is 17.5. The van der Waals surface area contributed by atoms with E-state index in [0.29, 0.717) is 17.5 Å². The Morgan fingerprint density at radius 2 is 0.918 bits per heavy atom. The second kappa shape index (κ2) is 14.4. The summed E-state index contributed by atoms with van der Waals surface area (Å²) in [5.41, 5.74) is 10.4. The minimum Gasteiger partial charge on any atom is -0.456 e. The quantitative estimate of drug-likeness (QED) is 0.161. The standard InChI is InChI=1S/C55H34N4OS/c1-4-14-35(15-5-1)38-20-12-21-39(32-38)59(41-26-28-43-42-22-10-11-25-50(42)61-51(43)34-41)40-27-30-48-47(33-40)45-24-13-23-44-46(29-31-49(60-48)52(44)45)55-57-53(36-16-6-2-7-17-36)56-54(58-55)37-18-8-3-9-19-37/h1-34H. The van der Waals surface area contributed by atoms with Crippen LogP contribution in [0.25, 0.3) is 87.4 Å². The first-order chi connectivity index (χ1) is 30.2. The fourth-order valence-electron chi connectivity index (χ4n) is 8.64. The van der Waals surface area contributed by atoms with Gasteiger partial charge in [-0.2, -0.15) is 0 Å². The average Bonchev–Trinajstić information content (AvgIpc) is 3.71. The maximum absolute atomic E-state index is 6.77. The molecule has 6 heteroatoms. The summed E-state index contributed by atoms with van der Waals surface area (Å²) in [6, 6.07) is 72.2. The molecule has 0 bridgehead atoms. The highest BCUT2D eigenvalue weighted by Gasteiger charge is 2.25. The van der Waals surface area contributed by atoms with Gasteiger partial charge in [-0.15, -0.1) is 11.3 Å². The first kappa shape index (κ1) is 35.1. The summed E-state index contributed by atoms with van der Waals surface area (Å²) < 4.78 is 9.31. The van der Waals surface area contributed by atoms with Crippen LogP contribution < -0.4 is 9.64 Å². The molecule has 0 aliphatic carbocycles. The lowest BCUT2D eigenvalue weighted by molar-refractivity contribution is 0.487. The fraction of sp³-hybridized carbons (Fsp3) is 0.